The number of hydrogen-bond acceptors (Lipinski definition) is 3. The fourth-order valence-electron chi connectivity index (χ4n) is 0.910. The van der Waals surface area contributed by atoms with E-state index in [1.165, 1.54) is 13.1 Å². The van der Waals surface area contributed by atoms with Crippen molar-refractivity contribution in [2.24, 2.45) is 0 Å². The highest BCUT2D eigenvalue weighted by Crippen LogP contribution is 2.04. The maximum Gasteiger partial charge on any atom is 0.261 e. The van der Waals surface area contributed by atoms with Crippen LogP contribution in [-0.4, -0.2) is 17.9 Å². The highest BCUT2D eigenvalue weighted by Gasteiger charge is 2.05. The first-order valence-electron chi connectivity index (χ1n) is 4.02. The van der Waals surface area contributed by atoms with E-state index in [0.29, 0.717) is 0 Å². The van der Waals surface area contributed by atoms with Gasteiger partial charge in [-0.3, -0.25) is 9.78 Å². The summed E-state index contributed by atoms with van der Waals surface area (Å²) in [6, 6.07) is 5.27. The number of carbonyl (C=O) groups excluding carboxylic acids is 1. The molecule has 1 aromatic heterocycles. The standard InChI is InChI=1S/C10H9N3O/c1-12-10(14)9(7-11)6-8-2-4-13-5-3-8/h2-6H,1H3,(H,12,14)/b9-6-. The lowest BCUT2D eigenvalue weighted by Gasteiger charge is -1.96. The van der Waals surface area contributed by atoms with Gasteiger partial charge < -0.3 is 5.32 Å². The molecular formula is C10H9N3O. The molecule has 0 unspecified atom stereocenters. The number of aromatic nitrogens is 1. The van der Waals surface area contributed by atoms with Gasteiger partial charge in [-0.25, -0.2) is 0 Å². The van der Waals surface area contributed by atoms with Crippen LogP contribution in [0.2, 0.25) is 0 Å². The molecule has 14 heavy (non-hydrogen) atoms. The maximum atomic E-state index is 11.1. The summed E-state index contributed by atoms with van der Waals surface area (Å²) in [6.45, 7) is 0. The second-order valence-corrected chi connectivity index (χ2v) is 2.53. The maximum absolute atomic E-state index is 11.1. The monoisotopic (exact) mass is 187 g/mol. The number of nitrogens with one attached hydrogen (secondary N) is 1. The summed E-state index contributed by atoms with van der Waals surface area (Å²) in [7, 11) is 1.49. The van der Waals surface area contributed by atoms with Crippen molar-refractivity contribution in [1.82, 2.24) is 10.3 Å². The van der Waals surface area contributed by atoms with Crippen molar-refractivity contribution in [3.63, 3.8) is 0 Å². The second-order valence-electron chi connectivity index (χ2n) is 2.53. The van der Waals surface area contributed by atoms with E-state index in [2.05, 4.69) is 10.3 Å². The fraction of sp³-hybridized carbons (Fsp3) is 0.100. The number of hydrogen-bond donors (Lipinski definition) is 1. The number of pyridine rings is 1. The first-order valence-corrected chi connectivity index (χ1v) is 4.02. The van der Waals surface area contributed by atoms with Crippen molar-refractivity contribution in [2.75, 3.05) is 7.05 Å². The minimum atomic E-state index is -0.385. The first kappa shape index (κ1) is 9.93. The Labute approximate surface area is 81.9 Å². The molecule has 0 spiro atoms. The molecule has 0 saturated carbocycles. The molecule has 0 aliphatic carbocycles. The van der Waals surface area contributed by atoms with Crippen LogP contribution in [0.3, 0.4) is 0 Å². The van der Waals surface area contributed by atoms with Crippen molar-refractivity contribution < 1.29 is 4.79 Å². The number of rotatable bonds is 2. The molecule has 0 aromatic carbocycles. The van der Waals surface area contributed by atoms with Gasteiger partial charge in [0.25, 0.3) is 5.91 Å². The average molecular weight is 187 g/mol. The minimum Gasteiger partial charge on any atom is -0.354 e. The highest BCUT2D eigenvalue weighted by atomic mass is 16.1. The van der Waals surface area contributed by atoms with Crippen molar-refractivity contribution in [1.29, 1.82) is 5.26 Å². The number of amides is 1. The lowest BCUT2D eigenvalue weighted by atomic mass is 10.1. The molecule has 0 radical (unpaired) electrons. The first-order chi connectivity index (χ1) is 6.77. The van der Waals surface area contributed by atoms with Crippen molar-refractivity contribution in [3.8, 4) is 6.07 Å². The summed E-state index contributed by atoms with van der Waals surface area (Å²) < 4.78 is 0. The zero-order chi connectivity index (χ0) is 10.4. The Morgan fingerprint density at radius 2 is 2.21 bits per heavy atom. The second kappa shape index (κ2) is 4.77. The van der Waals surface area contributed by atoms with Gasteiger partial charge in [0.2, 0.25) is 0 Å². The van der Waals surface area contributed by atoms with Crippen molar-refractivity contribution in [2.45, 2.75) is 0 Å². The summed E-state index contributed by atoms with van der Waals surface area (Å²) in [4.78, 5) is 15.0. The van der Waals surface area contributed by atoms with E-state index in [4.69, 9.17) is 5.26 Å². The molecule has 0 saturated heterocycles. The third-order valence-corrected chi connectivity index (χ3v) is 1.61. The van der Waals surface area contributed by atoms with Gasteiger partial charge in [0, 0.05) is 19.4 Å². The van der Waals surface area contributed by atoms with Crippen LogP contribution >= 0.6 is 0 Å². The van der Waals surface area contributed by atoms with Gasteiger partial charge in [0.15, 0.2) is 0 Å². The van der Waals surface area contributed by atoms with Crippen LogP contribution in [0, 0.1) is 11.3 Å². The van der Waals surface area contributed by atoms with Crippen LogP contribution in [0.1, 0.15) is 5.56 Å². The van der Waals surface area contributed by atoms with Crippen LogP contribution in [0.5, 0.6) is 0 Å². The van der Waals surface area contributed by atoms with Crippen LogP contribution < -0.4 is 5.32 Å². The topological polar surface area (TPSA) is 65.8 Å². The van der Waals surface area contributed by atoms with Gasteiger partial charge >= 0.3 is 0 Å². The molecule has 4 heteroatoms. The molecule has 1 N–H and O–H groups in total. The molecule has 1 heterocycles. The number of nitriles is 1. The van der Waals surface area contributed by atoms with E-state index in [0.717, 1.165) is 5.56 Å². The Kier molecular flexibility index (Phi) is 3.39. The molecule has 1 rings (SSSR count). The van der Waals surface area contributed by atoms with Crippen LogP contribution in [-0.2, 0) is 4.79 Å². The van der Waals surface area contributed by atoms with E-state index in [-0.39, 0.29) is 11.5 Å². The normalized spacial score (nSPS) is 10.4. The van der Waals surface area contributed by atoms with E-state index in [1.54, 1.807) is 24.5 Å². The van der Waals surface area contributed by atoms with Gasteiger partial charge in [0.05, 0.1) is 0 Å². The van der Waals surface area contributed by atoms with Crippen LogP contribution in [0.25, 0.3) is 6.08 Å². The number of likely N-dealkylation sites (N-methyl/N-ethyl adjacent to an activating group) is 1. The number of carbonyl (C=O) groups is 1. The smallest absolute Gasteiger partial charge is 0.261 e. The molecule has 0 bridgehead atoms. The summed E-state index contributed by atoms with van der Waals surface area (Å²) in [5.74, 6) is -0.385. The summed E-state index contributed by atoms with van der Waals surface area (Å²) in [5, 5.41) is 11.1. The molecule has 0 aliphatic rings. The van der Waals surface area contributed by atoms with Gasteiger partial charge in [-0.15, -0.1) is 0 Å². The van der Waals surface area contributed by atoms with E-state index in [9.17, 15) is 4.79 Å². The van der Waals surface area contributed by atoms with Crippen molar-refractivity contribution in [3.05, 3.63) is 35.7 Å². The molecule has 70 valence electrons. The van der Waals surface area contributed by atoms with E-state index >= 15 is 0 Å². The Balaban J connectivity index is 2.97. The zero-order valence-electron chi connectivity index (χ0n) is 7.69. The van der Waals surface area contributed by atoms with E-state index in [1.807, 2.05) is 6.07 Å². The van der Waals surface area contributed by atoms with Gasteiger partial charge in [-0.2, -0.15) is 5.26 Å². The third-order valence-electron chi connectivity index (χ3n) is 1.61. The SMILES string of the molecule is CNC(=O)/C(C#N)=C\c1ccncc1. The molecule has 1 amide bonds. The Hall–Kier alpha value is -2.15. The molecule has 0 aliphatic heterocycles. The summed E-state index contributed by atoms with van der Waals surface area (Å²) in [5.41, 5.74) is 0.860. The molecule has 1 aromatic rings. The Morgan fingerprint density at radius 3 is 2.71 bits per heavy atom. The van der Waals surface area contributed by atoms with Crippen LogP contribution in [0.4, 0.5) is 0 Å². The number of nitrogens with zero attached hydrogens (tertiary/aromatic N) is 2. The van der Waals surface area contributed by atoms with Gasteiger partial charge in [-0.1, -0.05) is 0 Å². The average Bonchev–Trinajstić information content (AvgIpc) is 2.26. The van der Waals surface area contributed by atoms with Gasteiger partial charge in [0.1, 0.15) is 11.6 Å². The van der Waals surface area contributed by atoms with Gasteiger partial charge in [-0.05, 0) is 23.8 Å². The Bertz CT molecular complexity index is 390. The molecular weight excluding hydrogens is 178 g/mol. The van der Waals surface area contributed by atoms with Crippen LogP contribution in [0.15, 0.2) is 30.1 Å². The lowest BCUT2D eigenvalue weighted by molar-refractivity contribution is -0.116. The quantitative estimate of drug-likeness (QED) is 0.548. The largest absolute Gasteiger partial charge is 0.354 e. The Morgan fingerprint density at radius 1 is 1.57 bits per heavy atom. The predicted octanol–water partition coefficient (Wildman–Crippen LogP) is 0.735. The summed E-state index contributed by atoms with van der Waals surface area (Å²) in [6.07, 6.45) is 4.72. The summed E-state index contributed by atoms with van der Waals surface area (Å²) >= 11 is 0. The van der Waals surface area contributed by atoms with E-state index < -0.39 is 0 Å². The molecule has 0 atom stereocenters. The third kappa shape index (κ3) is 2.42. The van der Waals surface area contributed by atoms with Crippen molar-refractivity contribution >= 4 is 12.0 Å². The minimum absolute atomic E-state index is 0.0821. The highest BCUT2D eigenvalue weighted by molar-refractivity contribution is 6.01. The fourth-order valence-corrected chi connectivity index (χ4v) is 0.910. The molecule has 0 fully saturated rings. The zero-order valence-corrected chi connectivity index (χ0v) is 7.69. The lowest BCUT2D eigenvalue weighted by Crippen LogP contribution is -2.19. The molecule has 4 nitrogen and oxygen atoms in total. The predicted molar refractivity (Wildman–Crippen MR) is 51.9 cm³/mol.